The fourth-order valence-electron chi connectivity index (χ4n) is 5.58. The van der Waals surface area contributed by atoms with E-state index in [1.807, 2.05) is 16.5 Å². The average Bonchev–Trinajstić information content (AvgIpc) is 3.69. The minimum absolute atomic E-state index is 0.274. The molecule has 0 unspecified atom stereocenters. The number of benzene rings is 3. The Morgan fingerprint density at radius 2 is 1.26 bits per heavy atom. The summed E-state index contributed by atoms with van der Waals surface area (Å²) in [5.41, 5.74) is 3.72. The van der Waals surface area contributed by atoms with E-state index in [0.717, 1.165) is 5.52 Å². The summed E-state index contributed by atoms with van der Waals surface area (Å²) in [7, 11) is 0. The highest BCUT2D eigenvalue weighted by Gasteiger charge is 2.52. The van der Waals surface area contributed by atoms with Crippen molar-refractivity contribution in [2.45, 2.75) is 24.4 Å². The summed E-state index contributed by atoms with van der Waals surface area (Å²) in [5, 5.41) is 0. The zero-order chi connectivity index (χ0) is 31.5. The van der Waals surface area contributed by atoms with E-state index in [1.165, 1.54) is 0 Å². The second kappa shape index (κ2) is 12.6. The van der Waals surface area contributed by atoms with Crippen molar-refractivity contribution in [2.75, 3.05) is 6.61 Å². The number of pyridine rings is 1. The Bertz CT molecular complexity index is 2020. The van der Waals surface area contributed by atoms with Crippen molar-refractivity contribution in [1.82, 2.24) is 14.4 Å². The van der Waals surface area contributed by atoms with Crippen molar-refractivity contribution in [3.05, 3.63) is 150 Å². The Hall–Kier alpha value is -5.87. The summed E-state index contributed by atoms with van der Waals surface area (Å²) < 4.78 is 26.3. The van der Waals surface area contributed by atoms with Crippen molar-refractivity contribution in [1.29, 1.82) is 0 Å². The van der Waals surface area contributed by atoms with Gasteiger partial charge in [-0.1, -0.05) is 54.6 Å². The summed E-state index contributed by atoms with van der Waals surface area (Å²) in [5.74, 6) is -1.85. The van der Waals surface area contributed by atoms with Gasteiger partial charge in [0.25, 0.3) is 0 Å². The molecule has 6 aromatic rings. The molecule has 4 heterocycles. The Morgan fingerprint density at radius 3 is 1.89 bits per heavy atom. The van der Waals surface area contributed by atoms with E-state index in [1.54, 1.807) is 116 Å². The zero-order valence-electron chi connectivity index (χ0n) is 24.3. The maximum absolute atomic E-state index is 13.5. The number of ether oxygens (including phenoxy) is 4. The molecule has 4 atom stereocenters. The minimum atomic E-state index is -1.15. The predicted molar refractivity (Wildman–Crippen MR) is 166 cm³/mol. The van der Waals surface area contributed by atoms with E-state index in [-0.39, 0.29) is 6.61 Å². The van der Waals surface area contributed by atoms with Crippen molar-refractivity contribution in [3.8, 4) is 0 Å². The number of rotatable bonds is 8. The van der Waals surface area contributed by atoms with Crippen LogP contribution in [0.3, 0.4) is 0 Å². The molecular weight excluding hydrogens is 586 g/mol. The SMILES string of the molecule is O=C(OC[C@H]1O[C@@H](c2ccc3cnc4ccncc4n23)[C@H](OC(=O)c2ccccc2)[C@@H]1OC(=O)c1ccccc1)c1ccccc1. The fourth-order valence-corrected chi connectivity index (χ4v) is 5.58. The van der Waals surface area contributed by atoms with E-state index in [4.69, 9.17) is 18.9 Å². The monoisotopic (exact) mass is 613 g/mol. The Balaban J connectivity index is 1.30. The molecule has 0 radical (unpaired) electrons. The topological polar surface area (TPSA) is 118 Å². The van der Waals surface area contributed by atoms with E-state index >= 15 is 0 Å². The summed E-state index contributed by atoms with van der Waals surface area (Å²) in [6.45, 7) is -0.274. The van der Waals surface area contributed by atoms with Crippen molar-refractivity contribution < 1.29 is 33.3 Å². The van der Waals surface area contributed by atoms with Crippen LogP contribution in [0.2, 0.25) is 0 Å². The number of nitrogens with zero attached hydrogens (tertiary/aromatic N) is 3. The predicted octanol–water partition coefficient (Wildman–Crippen LogP) is 5.63. The van der Waals surface area contributed by atoms with E-state index in [9.17, 15) is 14.4 Å². The van der Waals surface area contributed by atoms with Crippen LogP contribution < -0.4 is 0 Å². The molecule has 3 aromatic heterocycles. The molecule has 3 aromatic carbocycles. The number of hydrogen-bond acceptors (Lipinski definition) is 9. The largest absolute Gasteiger partial charge is 0.459 e. The molecule has 10 nitrogen and oxygen atoms in total. The smallest absolute Gasteiger partial charge is 0.338 e. The van der Waals surface area contributed by atoms with E-state index < -0.39 is 42.3 Å². The van der Waals surface area contributed by atoms with Gasteiger partial charge in [0.15, 0.2) is 12.2 Å². The first-order valence-corrected chi connectivity index (χ1v) is 14.7. The van der Waals surface area contributed by atoms with Crippen LogP contribution in [0.25, 0.3) is 16.6 Å². The second-order valence-electron chi connectivity index (χ2n) is 10.7. The maximum Gasteiger partial charge on any atom is 0.338 e. The minimum Gasteiger partial charge on any atom is -0.459 e. The number of carbonyl (C=O) groups excluding carboxylic acids is 3. The third-order valence-corrected chi connectivity index (χ3v) is 7.79. The average molecular weight is 614 g/mol. The van der Waals surface area contributed by atoms with Crippen molar-refractivity contribution in [2.24, 2.45) is 0 Å². The normalized spacial score (nSPS) is 19.1. The highest BCUT2D eigenvalue weighted by atomic mass is 16.6. The number of aromatic nitrogens is 3. The van der Waals surface area contributed by atoms with Crippen LogP contribution in [0.15, 0.2) is 128 Å². The number of fused-ring (bicyclic) bond motifs is 3. The fraction of sp³-hybridized carbons (Fsp3) is 0.139. The molecule has 1 fully saturated rings. The van der Waals surface area contributed by atoms with Crippen LogP contribution in [0, 0.1) is 0 Å². The standard InChI is InChI=1S/C36H27N3O7/c40-34(23-10-4-1-5-11-23)43-22-30-32(45-35(41)24-12-6-2-7-13-24)33(46-36(42)25-14-8-3-9-15-25)31(44-30)28-17-16-26-20-38-27-18-19-37-21-29(27)39(26)28/h1-21,30-33H,22H2/t30-,31+,32-,33+/m1/s1. The number of carbonyl (C=O) groups is 3. The number of hydrogen-bond donors (Lipinski definition) is 0. The molecule has 46 heavy (non-hydrogen) atoms. The van der Waals surface area contributed by atoms with Crippen LogP contribution in [0.4, 0.5) is 0 Å². The van der Waals surface area contributed by atoms with Gasteiger partial charge in [-0.2, -0.15) is 0 Å². The maximum atomic E-state index is 13.5. The van der Waals surface area contributed by atoms with Gasteiger partial charge >= 0.3 is 17.9 Å². The molecular formula is C36H27N3O7. The summed E-state index contributed by atoms with van der Waals surface area (Å²) >= 11 is 0. The Labute approximate surface area is 263 Å². The second-order valence-corrected chi connectivity index (χ2v) is 10.7. The van der Waals surface area contributed by atoms with Crippen LogP contribution >= 0.6 is 0 Å². The molecule has 1 aliphatic rings. The van der Waals surface area contributed by atoms with Gasteiger partial charge in [0.05, 0.1) is 51.3 Å². The molecule has 1 aliphatic heterocycles. The van der Waals surface area contributed by atoms with E-state index in [2.05, 4.69) is 9.97 Å². The first kappa shape index (κ1) is 28.9. The van der Waals surface area contributed by atoms with Crippen LogP contribution in [0.5, 0.6) is 0 Å². The molecule has 0 bridgehead atoms. The highest BCUT2D eigenvalue weighted by Crippen LogP contribution is 2.40. The zero-order valence-corrected chi connectivity index (χ0v) is 24.3. The molecule has 7 rings (SSSR count). The third kappa shape index (κ3) is 5.69. The number of esters is 3. The van der Waals surface area contributed by atoms with Crippen LogP contribution in [-0.2, 0) is 18.9 Å². The van der Waals surface area contributed by atoms with Gasteiger partial charge in [0.1, 0.15) is 18.8 Å². The molecule has 0 spiro atoms. The molecule has 10 heteroatoms. The first-order chi connectivity index (χ1) is 22.6. The van der Waals surface area contributed by atoms with Crippen LogP contribution in [-0.4, -0.2) is 57.2 Å². The lowest BCUT2D eigenvalue weighted by Crippen LogP contribution is -2.41. The molecule has 1 saturated heterocycles. The van der Waals surface area contributed by atoms with Crippen molar-refractivity contribution in [3.63, 3.8) is 0 Å². The summed E-state index contributed by atoms with van der Waals surface area (Å²) in [6, 6.07) is 31.0. The van der Waals surface area contributed by atoms with Crippen molar-refractivity contribution >= 4 is 34.5 Å². The molecule has 0 saturated carbocycles. The molecule has 0 amide bonds. The lowest BCUT2D eigenvalue weighted by molar-refractivity contribution is -0.0452. The Kier molecular flexibility index (Phi) is 7.92. The van der Waals surface area contributed by atoms with Gasteiger partial charge < -0.3 is 23.3 Å². The lowest BCUT2D eigenvalue weighted by Gasteiger charge is -2.25. The van der Waals surface area contributed by atoms with Gasteiger partial charge in [-0.3, -0.25) is 9.97 Å². The van der Waals surface area contributed by atoms with Gasteiger partial charge in [-0.25, -0.2) is 14.4 Å². The van der Waals surface area contributed by atoms with Crippen LogP contribution in [0.1, 0.15) is 42.9 Å². The third-order valence-electron chi connectivity index (χ3n) is 7.79. The lowest BCUT2D eigenvalue weighted by atomic mass is 10.0. The van der Waals surface area contributed by atoms with Gasteiger partial charge in [-0.05, 0) is 54.6 Å². The molecule has 0 N–H and O–H groups in total. The molecule has 228 valence electrons. The summed E-state index contributed by atoms with van der Waals surface area (Å²) in [4.78, 5) is 48.7. The highest BCUT2D eigenvalue weighted by molar-refractivity contribution is 5.91. The molecule has 0 aliphatic carbocycles. The van der Waals surface area contributed by atoms with E-state index in [0.29, 0.717) is 33.4 Å². The quantitative estimate of drug-likeness (QED) is 0.159. The first-order valence-electron chi connectivity index (χ1n) is 14.7. The van der Waals surface area contributed by atoms with Gasteiger partial charge in [0, 0.05) is 6.20 Å². The van der Waals surface area contributed by atoms with Gasteiger partial charge in [-0.15, -0.1) is 0 Å². The van der Waals surface area contributed by atoms with Gasteiger partial charge in [0.2, 0.25) is 0 Å². The summed E-state index contributed by atoms with van der Waals surface area (Å²) in [6.07, 6.45) is 0.856. The Morgan fingerprint density at radius 1 is 0.674 bits per heavy atom.